The van der Waals surface area contributed by atoms with Gasteiger partial charge < -0.3 is 14.8 Å². The average molecular weight is 317 g/mol. The van der Waals surface area contributed by atoms with E-state index in [4.69, 9.17) is 9.47 Å². The third kappa shape index (κ3) is 3.91. The normalized spacial score (nSPS) is 21.1. The number of carbonyl (C=O) groups excluding carboxylic acids is 1. The molecule has 0 bridgehead atoms. The number of nitrogens with one attached hydrogen (secondary N) is 2. The van der Waals surface area contributed by atoms with Gasteiger partial charge in [0.1, 0.15) is 6.10 Å². The van der Waals surface area contributed by atoms with E-state index < -0.39 is 0 Å². The highest BCUT2D eigenvalue weighted by Gasteiger charge is 2.29. The molecule has 0 unspecified atom stereocenters. The van der Waals surface area contributed by atoms with Gasteiger partial charge in [-0.25, -0.2) is 0 Å². The van der Waals surface area contributed by atoms with Crippen molar-refractivity contribution in [3.05, 3.63) is 41.5 Å². The lowest BCUT2D eigenvalue weighted by molar-refractivity contribution is -0.0743. The van der Waals surface area contributed by atoms with E-state index in [0.29, 0.717) is 37.6 Å². The Morgan fingerprint density at radius 2 is 2.39 bits per heavy atom. The number of nitrogens with zero attached hydrogens (tertiary/aromatic N) is 3. The van der Waals surface area contributed by atoms with Crippen molar-refractivity contribution in [3.63, 3.8) is 0 Å². The summed E-state index contributed by atoms with van der Waals surface area (Å²) in [5, 5.41) is 13.1. The maximum atomic E-state index is 12.3. The van der Waals surface area contributed by atoms with Crippen LogP contribution in [0.1, 0.15) is 28.3 Å². The minimum Gasteiger partial charge on any atom is -0.379 e. The first kappa shape index (κ1) is 15.6. The monoisotopic (exact) mass is 317 g/mol. The highest BCUT2D eigenvalue weighted by Crippen LogP contribution is 2.14. The predicted molar refractivity (Wildman–Crippen MR) is 80.6 cm³/mol. The lowest BCUT2D eigenvalue weighted by Crippen LogP contribution is -2.50. The molecule has 0 aromatic carbocycles. The lowest BCUT2D eigenvalue weighted by Gasteiger charge is -2.31. The maximum absolute atomic E-state index is 12.3. The van der Waals surface area contributed by atoms with E-state index in [2.05, 4.69) is 25.7 Å². The molecule has 2 N–H and O–H groups in total. The van der Waals surface area contributed by atoms with Crippen molar-refractivity contribution in [2.24, 2.45) is 0 Å². The van der Waals surface area contributed by atoms with E-state index in [-0.39, 0.29) is 18.1 Å². The Morgan fingerprint density at radius 3 is 3.13 bits per heavy atom. The van der Waals surface area contributed by atoms with Gasteiger partial charge in [0.05, 0.1) is 30.6 Å². The summed E-state index contributed by atoms with van der Waals surface area (Å²) < 4.78 is 11.3. The van der Waals surface area contributed by atoms with Gasteiger partial charge in [-0.3, -0.25) is 9.78 Å². The number of H-pyrrole nitrogens is 1. The molecule has 1 fully saturated rings. The minimum absolute atomic E-state index is 0.129. The van der Waals surface area contributed by atoms with Crippen LogP contribution in [-0.4, -0.2) is 51.7 Å². The molecule has 2 atom stereocenters. The smallest absolute Gasteiger partial charge is 0.274 e. The number of pyridine rings is 1. The fourth-order valence-electron chi connectivity index (χ4n) is 2.45. The van der Waals surface area contributed by atoms with E-state index in [1.807, 2.05) is 18.2 Å². The van der Waals surface area contributed by atoms with Crippen molar-refractivity contribution < 1.29 is 14.3 Å². The standard InChI is InChI=1S/C15H19N5O3/c1-10-14(19-20-18-10)15(21)17-12-5-7-22-9-13(12)23-8-11-4-2-3-6-16-11/h2-4,6,12-13H,5,7-9H2,1H3,(H,17,21)(H,18,19,20)/t12-,13-/m1/s1. The first-order chi connectivity index (χ1) is 11.2. The summed E-state index contributed by atoms with van der Waals surface area (Å²) in [5.41, 5.74) is 1.72. The average Bonchev–Trinajstić information content (AvgIpc) is 3.01. The zero-order chi connectivity index (χ0) is 16.1. The Morgan fingerprint density at radius 1 is 1.48 bits per heavy atom. The topological polar surface area (TPSA) is 102 Å². The third-order valence-corrected chi connectivity index (χ3v) is 3.73. The summed E-state index contributed by atoms with van der Waals surface area (Å²) >= 11 is 0. The fourth-order valence-corrected chi connectivity index (χ4v) is 2.45. The predicted octanol–water partition coefficient (Wildman–Crippen LogP) is 0.612. The van der Waals surface area contributed by atoms with E-state index in [1.165, 1.54) is 0 Å². The zero-order valence-corrected chi connectivity index (χ0v) is 12.9. The summed E-state index contributed by atoms with van der Waals surface area (Å²) in [6.07, 6.45) is 2.19. The van der Waals surface area contributed by atoms with Crippen molar-refractivity contribution in [2.45, 2.75) is 32.1 Å². The van der Waals surface area contributed by atoms with Gasteiger partial charge in [0.2, 0.25) is 0 Å². The van der Waals surface area contributed by atoms with Crippen LogP contribution in [0.4, 0.5) is 0 Å². The summed E-state index contributed by atoms with van der Waals surface area (Å²) in [7, 11) is 0. The van der Waals surface area contributed by atoms with Crippen molar-refractivity contribution in [1.29, 1.82) is 0 Å². The number of aryl methyl sites for hydroxylation is 1. The van der Waals surface area contributed by atoms with Gasteiger partial charge in [0.15, 0.2) is 5.69 Å². The van der Waals surface area contributed by atoms with Crippen LogP contribution < -0.4 is 5.32 Å². The molecule has 3 heterocycles. The summed E-state index contributed by atoms with van der Waals surface area (Å²) in [6.45, 7) is 3.14. The third-order valence-electron chi connectivity index (χ3n) is 3.73. The number of hydrogen-bond donors (Lipinski definition) is 2. The molecule has 0 radical (unpaired) electrons. The van der Waals surface area contributed by atoms with Crippen molar-refractivity contribution in [2.75, 3.05) is 13.2 Å². The fraction of sp³-hybridized carbons (Fsp3) is 0.467. The molecule has 0 saturated carbocycles. The summed E-state index contributed by atoms with van der Waals surface area (Å²) in [5.74, 6) is -0.255. The number of carbonyl (C=O) groups is 1. The molecule has 1 aliphatic rings. The number of amides is 1. The zero-order valence-electron chi connectivity index (χ0n) is 12.9. The molecule has 23 heavy (non-hydrogen) atoms. The number of rotatable bonds is 5. The molecule has 1 saturated heterocycles. The van der Waals surface area contributed by atoms with Gasteiger partial charge >= 0.3 is 0 Å². The Balaban J connectivity index is 1.60. The van der Waals surface area contributed by atoms with Gasteiger partial charge in [-0.05, 0) is 25.5 Å². The van der Waals surface area contributed by atoms with Gasteiger partial charge in [0, 0.05) is 12.8 Å². The second-order valence-electron chi connectivity index (χ2n) is 5.37. The van der Waals surface area contributed by atoms with E-state index >= 15 is 0 Å². The largest absolute Gasteiger partial charge is 0.379 e. The second-order valence-corrected chi connectivity index (χ2v) is 5.37. The SMILES string of the molecule is Cc1n[nH]nc1C(=O)N[C@@H]1CCOC[C@H]1OCc1ccccn1. The molecule has 2 aromatic rings. The maximum Gasteiger partial charge on any atom is 0.274 e. The molecule has 122 valence electrons. The highest BCUT2D eigenvalue weighted by molar-refractivity contribution is 5.93. The summed E-state index contributed by atoms with van der Waals surface area (Å²) in [6, 6.07) is 5.54. The second kappa shape index (κ2) is 7.30. The van der Waals surface area contributed by atoms with Crippen LogP contribution in [0.15, 0.2) is 24.4 Å². The lowest BCUT2D eigenvalue weighted by atomic mass is 10.1. The minimum atomic E-state index is -0.255. The first-order valence-corrected chi connectivity index (χ1v) is 7.51. The van der Waals surface area contributed by atoms with Crippen LogP contribution in [0.3, 0.4) is 0 Å². The molecular weight excluding hydrogens is 298 g/mol. The van der Waals surface area contributed by atoms with Crippen molar-refractivity contribution >= 4 is 5.91 Å². The quantitative estimate of drug-likeness (QED) is 0.838. The molecule has 0 aliphatic carbocycles. The van der Waals surface area contributed by atoms with Crippen LogP contribution in [-0.2, 0) is 16.1 Å². The van der Waals surface area contributed by atoms with Crippen LogP contribution in [0.25, 0.3) is 0 Å². The highest BCUT2D eigenvalue weighted by atomic mass is 16.5. The Kier molecular flexibility index (Phi) is 4.94. The molecule has 2 aromatic heterocycles. The number of hydrogen-bond acceptors (Lipinski definition) is 6. The molecular formula is C15H19N5O3. The molecule has 8 nitrogen and oxygen atoms in total. The van der Waals surface area contributed by atoms with Crippen molar-refractivity contribution in [1.82, 2.24) is 25.7 Å². The van der Waals surface area contributed by atoms with Crippen LogP contribution in [0.5, 0.6) is 0 Å². The van der Waals surface area contributed by atoms with Gasteiger partial charge in [-0.2, -0.15) is 15.4 Å². The number of aromatic nitrogens is 4. The van der Waals surface area contributed by atoms with E-state index in [9.17, 15) is 4.79 Å². The van der Waals surface area contributed by atoms with Gasteiger partial charge in [0.25, 0.3) is 5.91 Å². The Bertz CT molecular complexity index is 646. The molecule has 8 heteroatoms. The van der Waals surface area contributed by atoms with E-state index in [1.54, 1.807) is 13.1 Å². The summed E-state index contributed by atoms with van der Waals surface area (Å²) in [4.78, 5) is 16.5. The molecule has 1 amide bonds. The van der Waals surface area contributed by atoms with E-state index in [0.717, 1.165) is 5.69 Å². The number of ether oxygens (including phenoxy) is 2. The Labute approximate surface area is 133 Å². The number of aromatic amines is 1. The molecule has 3 rings (SSSR count). The van der Waals surface area contributed by atoms with Gasteiger partial charge in [-0.1, -0.05) is 6.07 Å². The van der Waals surface area contributed by atoms with Gasteiger partial charge in [-0.15, -0.1) is 0 Å². The van der Waals surface area contributed by atoms with Crippen molar-refractivity contribution in [3.8, 4) is 0 Å². The van der Waals surface area contributed by atoms with Crippen LogP contribution in [0.2, 0.25) is 0 Å². The van der Waals surface area contributed by atoms with Crippen LogP contribution >= 0.6 is 0 Å². The van der Waals surface area contributed by atoms with Crippen LogP contribution in [0, 0.1) is 6.92 Å². The first-order valence-electron chi connectivity index (χ1n) is 7.51. The molecule has 1 aliphatic heterocycles. The Hall–Kier alpha value is -2.32. The molecule has 0 spiro atoms.